The van der Waals surface area contributed by atoms with Gasteiger partial charge in [0.25, 0.3) is 0 Å². The largest absolute Gasteiger partial charge is 0.314 e. The summed E-state index contributed by atoms with van der Waals surface area (Å²) in [6.07, 6.45) is 9.14. The van der Waals surface area contributed by atoms with Crippen molar-refractivity contribution in [2.45, 2.75) is 49.8 Å². The first-order valence-electron chi connectivity index (χ1n) is 6.79. The van der Waals surface area contributed by atoms with Crippen LogP contribution in [0.2, 0.25) is 0 Å². The Morgan fingerprint density at radius 3 is 2.50 bits per heavy atom. The number of likely N-dealkylation sites (tertiary alicyclic amines) is 1. The molecule has 0 unspecified atom stereocenters. The summed E-state index contributed by atoms with van der Waals surface area (Å²) in [6, 6.07) is 0.792. The van der Waals surface area contributed by atoms with Gasteiger partial charge in [0, 0.05) is 17.3 Å². The zero-order valence-corrected chi connectivity index (χ0v) is 11.6. The number of rotatable bonds is 6. The minimum Gasteiger partial charge on any atom is -0.314 e. The van der Waals surface area contributed by atoms with Crippen molar-refractivity contribution in [1.29, 1.82) is 0 Å². The summed E-state index contributed by atoms with van der Waals surface area (Å²) in [5.41, 5.74) is 0. The van der Waals surface area contributed by atoms with Gasteiger partial charge in [-0.15, -0.1) is 0 Å². The average Bonchev–Trinajstić information content (AvgIpc) is 3.09. The Kier molecular flexibility index (Phi) is 4.57. The third-order valence-electron chi connectivity index (χ3n) is 4.02. The Morgan fingerprint density at radius 2 is 2.00 bits per heavy atom. The number of hydrogen-bond acceptors (Lipinski definition) is 3. The Bertz CT molecular complexity index is 208. The van der Waals surface area contributed by atoms with Crippen LogP contribution in [0.5, 0.6) is 0 Å². The molecule has 1 N–H and O–H groups in total. The van der Waals surface area contributed by atoms with Crippen LogP contribution in [-0.4, -0.2) is 48.1 Å². The number of hydrogen-bond donors (Lipinski definition) is 1. The number of piperidine rings is 1. The van der Waals surface area contributed by atoms with Crippen molar-refractivity contribution >= 4 is 11.8 Å². The van der Waals surface area contributed by atoms with E-state index in [0.717, 1.165) is 6.04 Å². The monoisotopic (exact) mass is 242 g/mol. The Hall–Kier alpha value is 0.270. The molecule has 0 amide bonds. The van der Waals surface area contributed by atoms with Crippen LogP contribution in [0.4, 0.5) is 0 Å². The summed E-state index contributed by atoms with van der Waals surface area (Å²) in [5.74, 6) is 0. The van der Waals surface area contributed by atoms with Crippen molar-refractivity contribution in [3.8, 4) is 0 Å². The van der Waals surface area contributed by atoms with Crippen molar-refractivity contribution in [1.82, 2.24) is 10.2 Å². The van der Waals surface area contributed by atoms with Gasteiger partial charge in [0.05, 0.1) is 0 Å². The summed E-state index contributed by atoms with van der Waals surface area (Å²) >= 11 is 2.09. The van der Waals surface area contributed by atoms with E-state index < -0.39 is 0 Å². The number of thioether (sulfide) groups is 1. The maximum Gasteiger partial charge on any atom is 0.0285 e. The lowest BCUT2D eigenvalue weighted by molar-refractivity contribution is 0.196. The van der Waals surface area contributed by atoms with Gasteiger partial charge < -0.3 is 10.2 Å². The van der Waals surface area contributed by atoms with Gasteiger partial charge in [-0.05, 0) is 58.0 Å². The normalized spacial score (nSPS) is 25.9. The molecular weight excluding hydrogens is 216 g/mol. The first kappa shape index (κ1) is 12.7. The van der Waals surface area contributed by atoms with Gasteiger partial charge in [-0.1, -0.05) is 6.92 Å². The van der Waals surface area contributed by atoms with Crippen LogP contribution >= 0.6 is 11.8 Å². The molecule has 0 bridgehead atoms. The van der Waals surface area contributed by atoms with Gasteiger partial charge in [-0.2, -0.15) is 11.8 Å². The van der Waals surface area contributed by atoms with Gasteiger partial charge in [-0.3, -0.25) is 0 Å². The highest BCUT2D eigenvalue weighted by Gasteiger charge is 2.43. The average molecular weight is 242 g/mol. The summed E-state index contributed by atoms with van der Waals surface area (Å²) < 4.78 is 0.656. The minimum absolute atomic E-state index is 0.656. The molecule has 1 aliphatic carbocycles. The summed E-state index contributed by atoms with van der Waals surface area (Å²) in [5, 5.41) is 3.65. The molecule has 0 atom stereocenters. The van der Waals surface area contributed by atoms with E-state index in [4.69, 9.17) is 0 Å². The highest BCUT2D eigenvalue weighted by atomic mass is 32.2. The molecule has 1 saturated carbocycles. The van der Waals surface area contributed by atoms with Crippen LogP contribution < -0.4 is 5.32 Å². The fourth-order valence-corrected chi connectivity index (χ4v) is 3.44. The Labute approximate surface area is 105 Å². The van der Waals surface area contributed by atoms with E-state index in [1.165, 1.54) is 58.3 Å². The molecule has 16 heavy (non-hydrogen) atoms. The molecule has 0 radical (unpaired) electrons. The smallest absolute Gasteiger partial charge is 0.0285 e. The SMILES string of the molecule is CCCNC1CCN(CC2(SC)CC2)CC1. The van der Waals surface area contributed by atoms with Crippen LogP contribution in [0.25, 0.3) is 0 Å². The minimum atomic E-state index is 0.656. The zero-order valence-electron chi connectivity index (χ0n) is 10.8. The second kappa shape index (κ2) is 5.74. The van der Waals surface area contributed by atoms with E-state index in [0.29, 0.717) is 4.75 Å². The lowest BCUT2D eigenvalue weighted by Crippen LogP contribution is -2.45. The molecule has 2 aliphatic rings. The Morgan fingerprint density at radius 1 is 1.31 bits per heavy atom. The van der Waals surface area contributed by atoms with E-state index in [9.17, 15) is 0 Å². The van der Waals surface area contributed by atoms with Gasteiger partial charge in [0.1, 0.15) is 0 Å². The lowest BCUT2D eigenvalue weighted by atomic mass is 10.0. The van der Waals surface area contributed by atoms with Crippen molar-refractivity contribution in [2.75, 3.05) is 32.4 Å². The second-order valence-corrected chi connectivity index (χ2v) is 6.67. The van der Waals surface area contributed by atoms with Gasteiger partial charge in [0.2, 0.25) is 0 Å². The number of nitrogens with one attached hydrogen (secondary N) is 1. The molecule has 0 aromatic carbocycles. The molecule has 0 aromatic heterocycles. The summed E-state index contributed by atoms with van der Waals surface area (Å²) in [6.45, 7) is 7.40. The molecule has 0 aromatic rings. The van der Waals surface area contributed by atoms with E-state index in [1.54, 1.807) is 0 Å². The maximum absolute atomic E-state index is 3.65. The van der Waals surface area contributed by atoms with Crippen molar-refractivity contribution < 1.29 is 0 Å². The van der Waals surface area contributed by atoms with Crippen LogP contribution in [0.3, 0.4) is 0 Å². The van der Waals surface area contributed by atoms with Crippen LogP contribution in [0.15, 0.2) is 0 Å². The first-order chi connectivity index (χ1) is 7.78. The molecule has 2 fully saturated rings. The lowest BCUT2D eigenvalue weighted by Gasteiger charge is -2.34. The fraction of sp³-hybridized carbons (Fsp3) is 1.00. The van der Waals surface area contributed by atoms with Gasteiger partial charge in [-0.25, -0.2) is 0 Å². The van der Waals surface area contributed by atoms with Crippen molar-refractivity contribution in [2.24, 2.45) is 0 Å². The van der Waals surface area contributed by atoms with Gasteiger partial charge in [0.15, 0.2) is 0 Å². The van der Waals surface area contributed by atoms with Crippen LogP contribution in [-0.2, 0) is 0 Å². The third-order valence-corrected chi connectivity index (χ3v) is 5.43. The predicted molar refractivity (Wildman–Crippen MR) is 73.2 cm³/mol. The molecule has 1 aliphatic heterocycles. The molecule has 1 heterocycles. The van der Waals surface area contributed by atoms with Crippen LogP contribution in [0, 0.1) is 0 Å². The molecular formula is C13H26N2S. The highest BCUT2D eigenvalue weighted by molar-refractivity contribution is 8.00. The third kappa shape index (κ3) is 3.38. The first-order valence-corrected chi connectivity index (χ1v) is 8.01. The van der Waals surface area contributed by atoms with Crippen LogP contribution in [0.1, 0.15) is 39.0 Å². The topological polar surface area (TPSA) is 15.3 Å². The van der Waals surface area contributed by atoms with E-state index in [1.807, 2.05) is 0 Å². The summed E-state index contributed by atoms with van der Waals surface area (Å²) in [4.78, 5) is 2.69. The van der Waals surface area contributed by atoms with E-state index in [2.05, 4.69) is 35.2 Å². The maximum atomic E-state index is 3.65. The summed E-state index contributed by atoms with van der Waals surface area (Å²) in [7, 11) is 0. The highest BCUT2D eigenvalue weighted by Crippen LogP contribution is 2.47. The number of nitrogens with zero attached hydrogens (tertiary/aromatic N) is 1. The van der Waals surface area contributed by atoms with E-state index in [-0.39, 0.29) is 0 Å². The predicted octanol–water partition coefficient (Wildman–Crippen LogP) is 2.35. The molecule has 3 heteroatoms. The molecule has 0 spiro atoms. The quantitative estimate of drug-likeness (QED) is 0.770. The standard InChI is InChI=1S/C13H26N2S/c1-3-8-14-12-4-9-15(10-5-12)11-13(16-2)6-7-13/h12,14H,3-11H2,1-2H3. The fourth-order valence-electron chi connectivity index (χ4n) is 2.62. The molecule has 1 saturated heterocycles. The van der Waals surface area contributed by atoms with E-state index >= 15 is 0 Å². The van der Waals surface area contributed by atoms with Gasteiger partial charge >= 0.3 is 0 Å². The van der Waals surface area contributed by atoms with Crippen molar-refractivity contribution in [3.63, 3.8) is 0 Å². The molecule has 2 nitrogen and oxygen atoms in total. The molecule has 2 rings (SSSR count). The zero-order chi connectivity index (χ0) is 11.4. The molecule has 94 valence electrons. The van der Waals surface area contributed by atoms with Crippen molar-refractivity contribution in [3.05, 3.63) is 0 Å². The second-order valence-electron chi connectivity index (χ2n) is 5.39. The Balaban J connectivity index is 1.65.